The van der Waals surface area contributed by atoms with E-state index in [0.29, 0.717) is 36.6 Å². The van der Waals surface area contributed by atoms with E-state index in [1.54, 1.807) is 0 Å². The summed E-state index contributed by atoms with van der Waals surface area (Å²) >= 11 is 0.644. The third kappa shape index (κ3) is 9.14. The number of unbranched alkanes of at least 4 members (excludes halogenated alkanes) is 3. The maximum atomic E-state index is 12.6. The first kappa shape index (κ1) is 23.6. The van der Waals surface area contributed by atoms with Crippen LogP contribution >= 0.6 is 11.3 Å². The van der Waals surface area contributed by atoms with Crippen molar-refractivity contribution in [1.82, 2.24) is 10.3 Å². The Morgan fingerprint density at radius 1 is 1.14 bits per heavy atom. The Morgan fingerprint density at radius 3 is 2.52 bits per heavy atom. The molecule has 0 spiro atoms. The first-order chi connectivity index (χ1) is 13.9. The van der Waals surface area contributed by atoms with Gasteiger partial charge in [0.1, 0.15) is 5.75 Å². The molecule has 0 bridgehead atoms. The Hall–Kier alpha value is -1.64. The smallest absolute Gasteiger partial charge is 0.443 e. The molecule has 0 aliphatic carbocycles. The van der Waals surface area contributed by atoms with Crippen LogP contribution in [0, 0.1) is 0 Å². The fraction of sp³-hybridized carbons (Fsp3) is 0.571. The van der Waals surface area contributed by atoms with Crippen LogP contribution < -0.4 is 10.1 Å². The Morgan fingerprint density at radius 2 is 1.86 bits per heavy atom. The van der Waals surface area contributed by atoms with Gasteiger partial charge in [-0.3, -0.25) is 0 Å². The van der Waals surface area contributed by atoms with Gasteiger partial charge in [-0.25, -0.2) is 4.98 Å². The van der Waals surface area contributed by atoms with Crippen molar-refractivity contribution in [2.24, 2.45) is 0 Å². The molecule has 8 heteroatoms. The highest BCUT2D eigenvalue weighted by molar-refractivity contribution is 7.09. The number of halogens is 3. The second-order valence-electron chi connectivity index (χ2n) is 7.08. The summed E-state index contributed by atoms with van der Waals surface area (Å²) in [5, 5.41) is 12.8. The highest BCUT2D eigenvalue weighted by atomic mass is 32.1. The average Bonchev–Trinajstić information content (AvgIpc) is 3.15. The summed E-state index contributed by atoms with van der Waals surface area (Å²) in [7, 11) is 0. The van der Waals surface area contributed by atoms with Crippen molar-refractivity contribution < 1.29 is 23.0 Å². The molecule has 4 nitrogen and oxygen atoms in total. The second kappa shape index (κ2) is 12.1. The molecule has 1 atom stereocenters. The molecule has 2 N–H and O–H groups in total. The van der Waals surface area contributed by atoms with Crippen LogP contribution in [0.2, 0.25) is 0 Å². The van der Waals surface area contributed by atoms with Gasteiger partial charge >= 0.3 is 6.18 Å². The number of ether oxygens (including phenoxy) is 1. The molecular formula is C21H29F3N2O2S. The molecule has 2 rings (SSSR count). The lowest BCUT2D eigenvalue weighted by molar-refractivity contribution is -0.137. The van der Waals surface area contributed by atoms with Crippen molar-refractivity contribution in [2.45, 2.75) is 57.7 Å². The van der Waals surface area contributed by atoms with Crippen LogP contribution in [0.4, 0.5) is 13.2 Å². The molecule has 0 saturated carbocycles. The number of thiazole rings is 1. The number of benzene rings is 1. The van der Waals surface area contributed by atoms with Gasteiger partial charge in [0, 0.05) is 31.0 Å². The predicted octanol–water partition coefficient (Wildman–Crippen LogP) is 4.86. The van der Waals surface area contributed by atoms with Crippen LogP contribution in [0.25, 0.3) is 0 Å². The van der Waals surface area contributed by atoms with E-state index in [2.05, 4.69) is 17.2 Å². The molecule has 0 fully saturated rings. The van der Waals surface area contributed by atoms with E-state index in [-0.39, 0.29) is 12.6 Å². The topological polar surface area (TPSA) is 54.4 Å². The summed E-state index contributed by atoms with van der Waals surface area (Å²) in [4.78, 5) is 3.65. The minimum atomic E-state index is -4.36. The second-order valence-corrected chi connectivity index (χ2v) is 7.94. The van der Waals surface area contributed by atoms with Crippen molar-refractivity contribution in [1.29, 1.82) is 0 Å². The summed E-state index contributed by atoms with van der Waals surface area (Å²) in [6.07, 6.45) is 0.842. The van der Waals surface area contributed by atoms with Crippen LogP contribution in [0.15, 0.2) is 29.6 Å². The minimum absolute atomic E-state index is 0.203. The number of nitrogens with one attached hydrogen (secondary N) is 1. The number of rotatable bonds is 13. The van der Waals surface area contributed by atoms with Gasteiger partial charge in [0.2, 0.25) is 0 Å². The first-order valence-electron chi connectivity index (χ1n) is 9.96. The number of aromatic nitrogens is 1. The van der Waals surface area contributed by atoms with Gasteiger partial charge < -0.3 is 15.2 Å². The van der Waals surface area contributed by atoms with Gasteiger partial charge in [0.15, 0.2) is 5.01 Å². The third-order valence-electron chi connectivity index (χ3n) is 4.45. The minimum Gasteiger partial charge on any atom is -0.494 e. The highest BCUT2D eigenvalue weighted by Gasteiger charge is 2.34. The monoisotopic (exact) mass is 430 g/mol. The third-order valence-corrected chi connectivity index (χ3v) is 5.39. The first-order valence-corrected chi connectivity index (χ1v) is 10.8. The lowest BCUT2D eigenvalue weighted by Crippen LogP contribution is -2.30. The lowest BCUT2D eigenvalue weighted by atomic mass is 10.1. The van der Waals surface area contributed by atoms with Gasteiger partial charge in [0.05, 0.1) is 12.3 Å². The zero-order valence-corrected chi connectivity index (χ0v) is 17.5. The molecule has 0 aliphatic heterocycles. The molecule has 29 heavy (non-hydrogen) atoms. The average molecular weight is 431 g/mol. The zero-order chi connectivity index (χ0) is 21.1. The molecule has 2 aromatic rings. The summed E-state index contributed by atoms with van der Waals surface area (Å²) in [6.45, 7) is 3.56. The Bertz CT molecular complexity index is 705. The van der Waals surface area contributed by atoms with Crippen LogP contribution in [0.5, 0.6) is 5.75 Å². The van der Waals surface area contributed by atoms with E-state index < -0.39 is 11.2 Å². The molecule has 162 valence electrons. The predicted molar refractivity (Wildman–Crippen MR) is 109 cm³/mol. The molecule has 1 aromatic carbocycles. The van der Waals surface area contributed by atoms with Crippen molar-refractivity contribution >= 4 is 11.3 Å². The van der Waals surface area contributed by atoms with Crippen LogP contribution in [0.3, 0.4) is 0 Å². The summed E-state index contributed by atoms with van der Waals surface area (Å²) in [5.74, 6) is 0.848. The fourth-order valence-corrected chi connectivity index (χ4v) is 3.63. The molecule has 0 amide bonds. The molecule has 0 aliphatic rings. The SMILES string of the molecule is CC(Cc1ccc(OCCCCCCO)cc1)NCCc1csc(C(F)(F)F)n1. The Balaban J connectivity index is 1.64. The van der Waals surface area contributed by atoms with Crippen LogP contribution in [0.1, 0.15) is 48.9 Å². The largest absolute Gasteiger partial charge is 0.494 e. The summed E-state index contributed by atoms with van der Waals surface area (Å²) < 4.78 is 43.4. The van der Waals surface area contributed by atoms with Crippen molar-refractivity contribution in [3.8, 4) is 5.75 Å². The van der Waals surface area contributed by atoms with Gasteiger partial charge in [-0.1, -0.05) is 18.6 Å². The fourth-order valence-electron chi connectivity index (χ4n) is 2.90. The summed E-state index contributed by atoms with van der Waals surface area (Å²) in [6, 6.07) is 8.20. The standard InChI is InChI=1S/C21H29F3N2O2S/c1-16(25-11-10-18-15-29-20(26-18)21(22,23)24)14-17-6-8-19(9-7-17)28-13-5-3-2-4-12-27/h6-9,15-16,25,27H,2-5,10-14H2,1H3. The maximum absolute atomic E-state index is 12.6. The lowest BCUT2D eigenvalue weighted by Gasteiger charge is -2.14. The normalized spacial score (nSPS) is 12.9. The number of aliphatic hydroxyl groups is 1. The van der Waals surface area contributed by atoms with Gasteiger partial charge in [-0.15, -0.1) is 11.3 Å². The van der Waals surface area contributed by atoms with E-state index in [9.17, 15) is 13.2 Å². The van der Waals surface area contributed by atoms with Crippen LogP contribution in [-0.2, 0) is 19.0 Å². The highest BCUT2D eigenvalue weighted by Crippen LogP contribution is 2.31. The van der Waals surface area contributed by atoms with E-state index in [1.807, 2.05) is 24.3 Å². The van der Waals surface area contributed by atoms with E-state index in [1.165, 1.54) is 10.9 Å². The summed E-state index contributed by atoms with van der Waals surface area (Å²) in [5.41, 5.74) is 1.65. The number of aliphatic hydroxyl groups excluding tert-OH is 1. The number of hydrogen-bond donors (Lipinski definition) is 2. The van der Waals surface area contributed by atoms with Gasteiger partial charge in [0.25, 0.3) is 0 Å². The Kier molecular flexibility index (Phi) is 9.90. The number of nitrogens with zero attached hydrogens (tertiary/aromatic N) is 1. The van der Waals surface area contributed by atoms with Crippen molar-refractivity contribution in [3.05, 3.63) is 45.9 Å². The van der Waals surface area contributed by atoms with E-state index >= 15 is 0 Å². The molecule has 0 radical (unpaired) electrons. The van der Waals surface area contributed by atoms with Crippen molar-refractivity contribution in [3.63, 3.8) is 0 Å². The molecule has 1 unspecified atom stereocenters. The number of hydrogen-bond acceptors (Lipinski definition) is 5. The quantitative estimate of drug-likeness (QED) is 0.446. The maximum Gasteiger partial charge on any atom is 0.443 e. The number of alkyl halides is 3. The van der Waals surface area contributed by atoms with E-state index in [4.69, 9.17) is 9.84 Å². The van der Waals surface area contributed by atoms with Gasteiger partial charge in [-0.2, -0.15) is 13.2 Å². The molecule has 1 aromatic heterocycles. The molecule has 1 heterocycles. The molecular weight excluding hydrogens is 401 g/mol. The van der Waals surface area contributed by atoms with E-state index in [0.717, 1.165) is 37.9 Å². The van der Waals surface area contributed by atoms with Gasteiger partial charge in [-0.05, 0) is 50.3 Å². The zero-order valence-electron chi connectivity index (χ0n) is 16.7. The molecule has 0 saturated heterocycles. The van der Waals surface area contributed by atoms with Crippen molar-refractivity contribution in [2.75, 3.05) is 19.8 Å². The Labute approximate surface area is 174 Å². The van der Waals surface area contributed by atoms with Crippen LogP contribution in [-0.4, -0.2) is 35.9 Å².